The Morgan fingerprint density at radius 1 is 1.16 bits per heavy atom. The number of hydrogen-bond donors (Lipinski definition) is 1. The second kappa shape index (κ2) is 7.44. The van der Waals surface area contributed by atoms with Crippen LogP contribution in [0.3, 0.4) is 0 Å². The van der Waals surface area contributed by atoms with Crippen molar-refractivity contribution in [3.05, 3.63) is 86.7 Å². The SMILES string of the molecule is Cc1nnc(N2C(=O)C(O)=C(C(=O)c3cc4ccccc4o3)[C@H]2c2cccc(Br)c2)s1. The normalized spacial score (nSPS) is 16.5. The van der Waals surface area contributed by atoms with Crippen molar-refractivity contribution in [2.24, 2.45) is 0 Å². The van der Waals surface area contributed by atoms with Gasteiger partial charge in [-0.15, -0.1) is 10.2 Å². The van der Waals surface area contributed by atoms with E-state index in [1.54, 1.807) is 43.3 Å². The Morgan fingerprint density at radius 2 is 1.97 bits per heavy atom. The molecule has 1 aliphatic heterocycles. The number of hydrogen-bond acceptors (Lipinski definition) is 7. The molecule has 5 rings (SSSR count). The van der Waals surface area contributed by atoms with Crippen molar-refractivity contribution in [2.75, 3.05) is 4.90 Å². The highest BCUT2D eigenvalue weighted by Crippen LogP contribution is 2.43. The van der Waals surface area contributed by atoms with Crippen molar-refractivity contribution in [2.45, 2.75) is 13.0 Å². The van der Waals surface area contributed by atoms with E-state index in [1.165, 1.54) is 16.2 Å². The van der Waals surface area contributed by atoms with Gasteiger partial charge >= 0.3 is 0 Å². The Bertz CT molecular complexity index is 1360. The van der Waals surface area contributed by atoms with Crippen molar-refractivity contribution in [1.82, 2.24) is 10.2 Å². The van der Waals surface area contributed by atoms with Crippen LogP contribution >= 0.6 is 27.3 Å². The first kappa shape index (κ1) is 19.7. The van der Waals surface area contributed by atoms with Gasteiger partial charge in [-0.3, -0.25) is 14.5 Å². The highest BCUT2D eigenvalue weighted by atomic mass is 79.9. The molecule has 1 aliphatic rings. The Kier molecular flexibility index (Phi) is 4.71. The van der Waals surface area contributed by atoms with E-state index < -0.39 is 23.5 Å². The molecule has 2 aromatic heterocycles. The molecule has 0 saturated carbocycles. The number of aromatic nitrogens is 2. The smallest absolute Gasteiger partial charge is 0.296 e. The molecule has 0 spiro atoms. The highest BCUT2D eigenvalue weighted by Gasteiger charge is 2.46. The minimum Gasteiger partial charge on any atom is -0.503 e. The van der Waals surface area contributed by atoms with Crippen LogP contribution in [0.5, 0.6) is 0 Å². The molecule has 0 fully saturated rings. The molecular formula is C22H14BrN3O4S. The third-order valence-electron chi connectivity index (χ3n) is 4.99. The van der Waals surface area contributed by atoms with Crippen molar-refractivity contribution < 1.29 is 19.1 Å². The number of ketones is 1. The van der Waals surface area contributed by atoms with E-state index in [1.807, 2.05) is 18.2 Å². The summed E-state index contributed by atoms with van der Waals surface area (Å²) >= 11 is 4.64. The summed E-state index contributed by atoms with van der Waals surface area (Å²) in [6.45, 7) is 1.77. The van der Waals surface area contributed by atoms with Gasteiger partial charge < -0.3 is 9.52 Å². The monoisotopic (exact) mass is 495 g/mol. The summed E-state index contributed by atoms with van der Waals surface area (Å²) < 4.78 is 6.49. The van der Waals surface area contributed by atoms with Crippen LogP contribution < -0.4 is 4.90 Å². The number of anilines is 1. The zero-order valence-corrected chi connectivity index (χ0v) is 18.5. The number of aliphatic hydroxyl groups is 1. The van der Waals surface area contributed by atoms with E-state index in [9.17, 15) is 14.7 Å². The van der Waals surface area contributed by atoms with Gasteiger partial charge in [0.15, 0.2) is 11.5 Å². The molecule has 0 aliphatic carbocycles. The van der Waals surface area contributed by atoms with E-state index in [0.717, 1.165) is 9.86 Å². The van der Waals surface area contributed by atoms with Crippen LogP contribution in [-0.2, 0) is 4.79 Å². The van der Waals surface area contributed by atoms with Gasteiger partial charge in [-0.05, 0) is 36.8 Å². The summed E-state index contributed by atoms with van der Waals surface area (Å²) in [5.41, 5.74) is 1.12. The van der Waals surface area contributed by atoms with Gasteiger partial charge in [-0.2, -0.15) is 0 Å². The molecular weight excluding hydrogens is 482 g/mol. The number of halogens is 1. The number of furan rings is 1. The molecule has 9 heteroatoms. The Balaban J connectivity index is 1.67. The summed E-state index contributed by atoms with van der Waals surface area (Å²) in [5.74, 6) is -1.84. The van der Waals surface area contributed by atoms with Crippen LogP contribution in [0.15, 0.2) is 74.8 Å². The van der Waals surface area contributed by atoms with Gasteiger partial charge in [0.25, 0.3) is 5.91 Å². The first-order chi connectivity index (χ1) is 14.9. The Morgan fingerprint density at radius 3 is 2.68 bits per heavy atom. The van der Waals surface area contributed by atoms with Crippen LogP contribution in [0.25, 0.3) is 11.0 Å². The molecule has 0 radical (unpaired) electrons. The van der Waals surface area contributed by atoms with Gasteiger partial charge in [0.2, 0.25) is 10.9 Å². The summed E-state index contributed by atoms with van der Waals surface area (Å²) in [6.07, 6.45) is 0. The fourth-order valence-electron chi connectivity index (χ4n) is 3.64. The van der Waals surface area contributed by atoms with E-state index >= 15 is 0 Å². The van der Waals surface area contributed by atoms with Gasteiger partial charge in [-0.25, -0.2) is 0 Å². The molecule has 1 atom stereocenters. The number of para-hydroxylation sites is 1. The van der Waals surface area contributed by atoms with Crippen LogP contribution in [0.2, 0.25) is 0 Å². The van der Waals surface area contributed by atoms with Gasteiger partial charge in [0.1, 0.15) is 10.6 Å². The molecule has 31 heavy (non-hydrogen) atoms. The minimum atomic E-state index is -0.877. The average molecular weight is 496 g/mol. The first-order valence-corrected chi connectivity index (χ1v) is 10.9. The summed E-state index contributed by atoms with van der Waals surface area (Å²) in [7, 11) is 0. The molecule has 0 saturated heterocycles. The van der Waals surface area contributed by atoms with Gasteiger partial charge in [-0.1, -0.05) is 57.6 Å². The largest absolute Gasteiger partial charge is 0.503 e. The van der Waals surface area contributed by atoms with Crippen molar-refractivity contribution in [3.63, 3.8) is 0 Å². The molecule has 1 N–H and O–H groups in total. The fourth-order valence-corrected chi connectivity index (χ4v) is 4.77. The zero-order valence-electron chi connectivity index (χ0n) is 16.1. The van der Waals surface area contributed by atoms with Crippen LogP contribution in [-0.4, -0.2) is 27.0 Å². The molecule has 7 nitrogen and oxygen atoms in total. The van der Waals surface area contributed by atoms with Crippen molar-refractivity contribution in [1.29, 1.82) is 0 Å². The Hall–Kier alpha value is -3.30. The molecule has 1 amide bonds. The number of carbonyl (C=O) groups is 2. The van der Waals surface area contributed by atoms with E-state index in [2.05, 4.69) is 26.1 Å². The Labute approximate surface area is 188 Å². The zero-order chi connectivity index (χ0) is 21.7. The second-order valence-electron chi connectivity index (χ2n) is 6.98. The lowest BCUT2D eigenvalue weighted by atomic mass is 9.95. The third-order valence-corrected chi connectivity index (χ3v) is 6.32. The quantitative estimate of drug-likeness (QED) is 0.393. The van der Waals surface area contributed by atoms with Crippen molar-refractivity contribution >= 4 is 55.1 Å². The summed E-state index contributed by atoms with van der Waals surface area (Å²) in [4.78, 5) is 27.9. The standard InChI is InChI=1S/C22H14BrN3O4S/c1-11-24-25-22(31-11)26-18(13-6-4-7-14(23)9-13)17(20(28)21(26)29)19(27)16-10-12-5-2-3-8-15(12)30-16/h2-10,18,28H,1H3/t18-/m1/s1. The predicted molar refractivity (Wildman–Crippen MR) is 119 cm³/mol. The predicted octanol–water partition coefficient (Wildman–Crippen LogP) is 5.14. The van der Waals surface area contributed by atoms with Crippen molar-refractivity contribution in [3.8, 4) is 0 Å². The average Bonchev–Trinajstić information content (AvgIpc) is 3.44. The maximum atomic E-state index is 13.5. The number of rotatable bonds is 4. The number of Topliss-reactive ketones (excluding diaryl/α,β-unsaturated/α-hetero) is 1. The van der Waals surface area contributed by atoms with Crippen LogP contribution in [0, 0.1) is 6.92 Å². The number of aliphatic hydroxyl groups excluding tert-OH is 1. The van der Waals surface area contributed by atoms with Gasteiger partial charge in [0.05, 0.1) is 11.6 Å². The van der Waals surface area contributed by atoms with Gasteiger partial charge in [0, 0.05) is 9.86 Å². The number of amides is 1. The first-order valence-electron chi connectivity index (χ1n) is 9.29. The topological polar surface area (TPSA) is 96.5 Å². The van der Waals surface area contributed by atoms with E-state index in [-0.39, 0.29) is 11.3 Å². The highest BCUT2D eigenvalue weighted by molar-refractivity contribution is 9.10. The maximum absolute atomic E-state index is 13.5. The molecule has 3 heterocycles. The minimum absolute atomic E-state index is 0.0471. The maximum Gasteiger partial charge on any atom is 0.296 e. The van der Waals surface area contributed by atoms with E-state index in [0.29, 0.717) is 21.3 Å². The lowest BCUT2D eigenvalue weighted by Crippen LogP contribution is -2.31. The lowest BCUT2D eigenvalue weighted by molar-refractivity contribution is -0.117. The van der Waals surface area contributed by atoms with E-state index in [4.69, 9.17) is 4.42 Å². The molecule has 2 aromatic carbocycles. The number of nitrogens with zero attached hydrogens (tertiary/aromatic N) is 3. The number of benzene rings is 2. The molecule has 0 unspecified atom stereocenters. The van der Waals surface area contributed by atoms with Crippen LogP contribution in [0.4, 0.5) is 5.13 Å². The molecule has 0 bridgehead atoms. The summed E-state index contributed by atoms with van der Waals surface area (Å²) in [5, 5.41) is 20.5. The molecule has 4 aromatic rings. The van der Waals surface area contributed by atoms with Crippen LogP contribution in [0.1, 0.15) is 27.2 Å². The summed E-state index contributed by atoms with van der Waals surface area (Å²) in [6, 6.07) is 15.2. The molecule has 154 valence electrons. The number of carbonyl (C=O) groups excluding carboxylic acids is 2. The number of aryl methyl sites for hydroxylation is 1. The fraction of sp³-hybridized carbons (Fsp3) is 0.0909. The second-order valence-corrected chi connectivity index (χ2v) is 9.05. The lowest BCUT2D eigenvalue weighted by Gasteiger charge is -2.24. The third kappa shape index (κ3) is 3.26. The number of fused-ring (bicyclic) bond motifs is 1.